The van der Waals surface area contributed by atoms with Crippen molar-refractivity contribution in [3.63, 3.8) is 0 Å². The number of alkyl carbamates (subject to hydrolysis) is 1. The number of β-amino-alcohol motifs (C(OH)–C–C–N with tert-alkyl or cyclic N) is 1. The van der Waals surface area contributed by atoms with Crippen LogP contribution >= 0.6 is 0 Å². The minimum Gasteiger partial charge on any atom is -0.481 e. The fourth-order valence-corrected chi connectivity index (χ4v) is 4.81. The molecule has 8 nitrogen and oxygen atoms in total. The highest BCUT2D eigenvalue weighted by Crippen LogP contribution is 2.44. The minimum atomic E-state index is -1.06. The Labute approximate surface area is 198 Å². The second-order valence-electron chi connectivity index (χ2n) is 9.68. The van der Waals surface area contributed by atoms with Crippen molar-refractivity contribution in [3.8, 4) is 11.1 Å². The van der Waals surface area contributed by atoms with Crippen molar-refractivity contribution in [3.05, 3.63) is 59.7 Å². The molecule has 1 heterocycles. The normalized spacial score (nSPS) is 19.3. The van der Waals surface area contributed by atoms with Gasteiger partial charge in [0, 0.05) is 30.8 Å². The number of nitrogens with one attached hydrogen (secondary N) is 1. The third kappa shape index (κ3) is 4.77. The van der Waals surface area contributed by atoms with Gasteiger partial charge < -0.3 is 25.2 Å². The molecule has 180 valence electrons. The first-order valence-electron chi connectivity index (χ1n) is 11.5. The number of nitrogens with zero attached hydrogens (tertiary/aromatic N) is 1. The maximum Gasteiger partial charge on any atom is 0.407 e. The summed E-state index contributed by atoms with van der Waals surface area (Å²) in [6.07, 6.45) is -1.80. The molecule has 0 bridgehead atoms. The zero-order chi connectivity index (χ0) is 24.5. The van der Waals surface area contributed by atoms with Crippen LogP contribution in [-0.2, 0) is 14.3 Å². The standard InChI is InChI=1S/C26H30N2O6/c1-26(2)15-28(13-22(26)29)24(32)21(11-12-23(30)31)27-25(33)34-14-20-18-9-5-3-7-16(18)17-8-4-6-10-19(17)20/h3-10,20-22,29H,11-15H2,1-2H3,(H,27,33)(H,30,31). The maximum atomic E-state index is 13.1. The van der Waals surface area contributed by atoms with Crippen LogP contribution in [0, 0.1) is 5.41 Å². The fourth-order valence-electron chi connectivity index (χ4n) is 4.81. The van der Waals surface area contributed by atoms with Gasteiger partial charge in [0.1, 0.15) is 12.6 Å². The number of hydrogen-bond donors (Lipinski definition) is 3. The number of carbonyl (C=O) groups is 3. The molecule has 1 saturated heterocycles. The highest BCUT2D eigenvalue weighted by Gasteiger charge is 2.42. The van der Waals surface area contributed by atoms with Gasteiger partial charge in [-0.1, -0.05) is 62.4 Å². The number of carboxylic acids is 1. The van der Waals surface area contributed by atoms with Gasteiger partial charge in [-0.05, 0) is 28.7 Å². The summed E-state index contributed by atoms with van der Waals surface area (Å²) in [5, 5.41) is 21.9. The molecular weight excluding hydrogens is 436 g/mol. The molecule has 0 radical (unpaired) electrons. The molecule has 2 aromatic rings. The third-order valence-corrected chi connectivity index (χ3v) is 6.79. The Balaban J connectivity index is 1.43. The van der Waals surface area contributed by atoms with Crippen LogP contribution in [0.25, 0.3) is 11.1 Å². The Bertz CT molecular complexity index is 1050. The van der Waals surface area contributed by atoms with Crippen LogP contribution < -0.4 is 5.32 Å². The molecule has 2 aromatic carbocycles. The van der Waals surface area contributed by atoms with Crippen LogP contribution in [0.3, 0.4) is 0 Å². The molecule has 0 saturated carbocycles. The number of aliphatic hydroxyl groups excluding tert-OH is 1. The van der Waals surface area contributed by atoms with E-state index >= 15 is 0 Å². The maximum absolute atomic E-state index is 13.1. The van der Waals surface area contributed by atoms with Crippen molar-refractivity contribution in [2.24, 2.45) is 5.41 Å². The number of rotatable bonds is 7. The Hall–Kier alpha value is -3.39. The van der Waals surface area contributed by atoms with Crippen LogP contribution in [0.5, 0.6) is 0 Å². The first-order valence-corrected chi connectivity index (χ1v) is 11.5. The van der Waals surface area contributed by atoms with Gasteiger partial charge >= 0.3 is 12.1 Å². The van der Waals surface area contributed by atoms with Crippen LogP contribution in [0.1, 0.15) is 43.7 Å². The second kappa shape index (κ2) is 9.46. The van der Waals surface area contributed by atoms with E-state index in [9.17, 15) is 19.5 Å². The first-order chi connectivity index (χ1) is 16.2. The summed E-state index contributed by atoms with van der Waals surface area (Å²) in [7, 11) is 0. The number of carbonyl (C=O) groups excluding carboxylic acids is 2. The average molecular weight is 467 g/mol. The van der Waals surface area contributed by atoms with Crippen molar-refractivity contribution in [1.82, 2.24) is 10.2 Å². The van der Waals surface area contributed by atoms with Crippen LogP contribution in [-0.4, -0.2) is 64.9 Å². The fraction of sp³-hybridized carbons (Fsp3) is 0.423. The lowest BCUT2D eigenvalue weighted by molar-refractivity contribution is -0.138. The number of carboxylic acid groups (broad SMARTS) is 1. The van der Waals surface area contributed by atoms with Gasteiger partial charge in [-0.3, -0.25) is 9.59 Å². The molecule has 2 unspecified atom stereocenters. The van der Waals surface area contributed by atoms with E-state index in [2.05, 4.69) is 5.32 Å². The number of ether oxygens (including phenoxy) is 1. The van der Waals surface area contributed by atoms with Gasteiger partial charge in [0.15, 0.2) is 0 Å². The van der Waals surface area contributed by atoms with Crippen LogP contribution in [0.2, 0.25) is 0 Å². The number of aliphatic hydroxyl groups is 1. The van der Waals surface area contributed by atoms with E-state index in [1.165, 1.54) is 4.90 Å². The van der Waals surface area contributed by atoms with Crippen LogP contribution in [0.15, 0.2) is 48.5 Å². The third-order valence-electron chi connectivity index (χ3n) is 6.79. The summed E-state index contributed by atoms with van der Waals surface area (Å²) in [5.74, 6) is -1.60. The van der Waals surface area contributed by atoms with Gasteiger partial charge in [0.25, 0.3) is 0 Å². The van der Waals surface area contributed by atoms with E-state index in [4.69, 9.17) is 9.84 Å². The minimum absolute atomic E-state index is 0.0641. The van der Waals surface area contributed by atoms with Gasteiger partial charge in [0.05, 0.1) is 6.10 Å². The Morgan fingerprint density at radius 2 is 1.68 bits per heavy atom. The molecule has 2 aliphatic rings. The zero-order valence-corrected chi connectivity index (χ0v) is 19.4. The van der Waals surface area contributed by atoms with Crippen molar-refractivity contribution in [2.75, 3.05) is 19.7 Å². The lowest BCUT2D eigenvalue weighted by Gasteiger charge is -2.25. The van der Waals surface area contributed by atoms with E-state index in [1.807, 2.05) is 62.4 Å². The summed E-state index contributed by atoms with van der Waals surface area (Å²) in [5.41, 5.74) is 3.89. The quantitative estimate of drug-likeness (QED) is 0.578. The van der Waals surface area contributed by atoms with Crippen LogP contribution in [0.4, 0.5) is 4.79 Å². The second-order valence-corrected chi connectivity index (χ2v) is 9.68. The molecule has 2 amide bonds. The van der Waals surface area contributed by atoms with Gasteiger partial charge in [0.2, 0.25) is 5.91 Å². The predicted molar refractivity (Wildman–Crippen MR) is 125 cm³/mol. The van der Waals surface area contributed by atoms with E-state index in [0.29, 0.717) is 6.54 Å². The molecule has 0 aromatic heterocycles. The summed E-state index contributed by atoms with van der Waals surface area (Å²) >= 11 is 0. The number of likely N-dealkylation sites (tertiary alicyclic amines) is 1. The monoisotopic (exact) mass is 466 g/mol. The van der Waals surface area contributed by atoms with Crippen molar-refractivity contribution in [2.45, 2.75) is 44.8 Å². The summed E-state index contributed by atoms with van der Waals surface area (Å²) in [6.45, 7) is 4.27. The van der Waals surface area contributed by atoms with Gasteiger partial charge in [-0.25, -0.2) is 4.79 Å². The van der Waals surface area contributed by atoms with Gasteiger partial charge in [-0.15, -0.1) is 0 Å². The van der Waals surface area contributed by atoms with Crippen molar-refractivity contribution in [1.29, 1.82) is 0 Å². The molecule has 1 fully saturated rings. The molecule has 2 atom stereocenters. The molecule has 8 heteroatoms. The predicted octanol–water partition coefficient (Wildman–Crippen LogP) is 2.99. The number of amides is 2. The summed E-state index contributed by atoms with van der Waals surface area (Å²) in [6, 6.07) is 14.9. The smallest absolute Gasteiger partial charge is 0.407 e. The highest BCUT2D eigenvalue weighted by molar-refractivity contribution is 5.86. The first kappa shape index (κ1) is 23.8. The SMILES string of the molecule is CC1(C)CN(C(=O)C(CCC(=O)O)NC(=O)OCC2c3ccccc3-c3ccccc32)CC1O. The van der Waals surface area contributed by atoms with E-state index in [0.717, 1.165) is 22.3 Å². The lowest BCUT2D eigenvalue weighted by atomic mass is 9.90. The Morgan fingerprint density at radius 3 is 2.21 bits per heavy atom. The number of aliphatic carboxylic acids is 1. The highest BCUT2D eigenvalue weighted by atomic mass is 16.5. The Kier molecular flexibility index (Phi) is 6.61. The Morgan fingerprint density at radius 1 is 1.09 bits per heavy atom. The molecule has 4 rings (SSSR count). The van der Waals surface area contributed by atoms with E-state index in [1.54, 1.807) is 0 Å². The largest absolute Gasteiger partial charge is 0.481 e. The topological polar surface area (TPSA) is 116 Å². The average Bonchev–Trinajstić information content (AvgIpc) is 3.27. The molecular formula is C26H30N2O6. The molecule has 34 heavy (non-hydrogen) atoms. The van der Waals surface area contributed by atoms with E-state index < -0.39 is 35.5 Å². The van der Waals surface area contributed by atoms with Crippen molar-refractivity contribution < 1.29 is 29.3 Å². The van der Waals surface area contributed by atoms with Gasteiger partial charge in [-0.2, -0.15) is 0 Å². The number of fused-ring (bicyclic) bond motifs is 3. The van der Waals surface area contributed by atoms with Crippen molar-refractivity contribution >= 4 is 18.0 Å². The number of benzene rings is 2. The molecule has 0 spiro atoms. The summed E-state index contributed by atoms with van der Waals surface area (Å²) in [4.78, 5) is 38.3. The summed E-state index contributed by atoms with van der Waals surface area (Å²) < 4.78 is 5.53. The lowest BCUT2D eigenvalue weighted by Crippen LogP contribution is -2.48. The van der Waals surface area contributed by atoms with E-state index in [-0.39, 0.29) is 31.9 Å². The molecule has 1 aliphatic heterocycles. The molecule has 1 aliphatic carbocycles. The molecule has 3 N–H and O–H groups in total. The number of hydrogen-bond acceptors (Lipinski definition) is 5. The zero-order valence-electron chi connectivity index (χ0n) is 19.4.